The second-order valence-corrected chi connectivity index (χ2v) is 8.03. The first kappa shape index (κ1) is 20.9. The molecule has 1 aliphatic rings. The van der Waals surface area contributed by atoms with E-state index in [0.717, 1.165) is 18.5 Å². The Morgan fingerprint density at radius 1 is 1.16 bits per heavy atom. The van der Waals surface area contributed by atoms with E-state index < -0.39 is 5.82 Å². The first-order valence-corrected chi connectivity index (χ1v) is 10.8. The van der Waals surface area contributed by atoms with Crippen LogP contribution >= 0.6 is 11.3 Å². The summed E-state index contributed by atoms with van der Waals surface area (Å²) >= 11 is 1.35. The Bertz CT molecular complexity index is 1040. The number of benzene rings is 1. The monoisotopic (exact) mass is 440 g/mol. The largest absolute Gasteiger partial charge is 0.481 e. The summed E-state index contributed by atoms with van der Waals surface area (Å²) in [6, 6.07) is 9.65. The van der Waals surface area contributed by atoms with Crippen molar-refractivity contribution in [1.82, 2.24) is 14.9 Å². The lowest BCUT2D eigenvalue weighted by molar-refractivity contribution is -0.134. The van der Waals surface area contributed by atoms with Crippen molar-refractivity contribution in [3.05, 3.63) is 71.2 Å². The van der Waals surface area contributed by atoms with Crippen molar-refractivity contribution in [2.24, 2.45) is 0 Å². The van der Waals surface area contributed by atoms with Gasteiger partial charge in [0, 0.05) is 42.5 Å². The van der Waals surface area contributed by atoms with Gasteiger partial charge >= 0.3 is 0 Å². The Kier molecular flexibility index (Phi) is 6.51. The van der Waals surface area contributed by atoms with Gasteiger partial charge in [0.05, 0.1) is 5.56 Å². The Hall–Kier alpha value is -3.33. The van der Waals surface area contributed by atoms with E-state index in [1.165, 1.54) is 23.5 Å². The molecule has 1 fully saturated rings. The van der Waals surface area contributed by atoms with Crippen LogP contribution in [0.3, 0.4) is 0 Å². The summed E-state index contributed by atoms with van der Waals surface area (Å²) in [6.07, 6.45) is 4.73. The Labute approximate surface area is 182 Å². The first-order valence-electron chi connectivity index (χ1n) is 9.92. The number of halogens is 1. The second kappa shape index (κ2) is 9.65. The summed E-state index contributed by atoms with van der Waals surface area (Å²) in [7, 11) is 0. The van der Waals surface area contributed by atoms with Crippen molar-refractivity contribution in [2.45, 2.75) is 18.8 Å². The third-order valence-corrected chi connectivity index (χ3v) is 5.84. The highest BCUT2D eigenvalue weighted by Crippen LogP contribution is 2.27. The fourth-order valence-electron chi connectivity index (χ4n) is 3.45. The molecule has 31 heavy (non-hydrogen) atoms. The van der Waals surface area contributed by atoms with Gasteiger partial charge in [0.15, 0.2) is 23.3 Å². The van der Waals surface area contributed by atoms with E-state index in [9.17, 15) is 14.0 Å². The highest BCUT2D eigenvalue weighted by molar-refractivity contribution is 7.13. The number of thiazole rings is 1. The van der Waals surface area contributed by atoms with E-state index in [4.69, 9.17) is 4.74 Å². The minimum atomic E-state index is -0.483. The SMILES string of the molecule is O=C(Nc1nccs1)c1ccc(C2CCN(C(=O)COc3ccccc3F)CC2)nc1. The summed E-state index contributed by atoms with van der Waals surface area (Å²) in [4.78, 5) is 34.9. The third kappa shape index (κ3) is 5.24. The molecule has 0 aliphatic carbocycles. The standard InChI is InChI=1S/C22H21FN4O3S/c23-17-3-1-2-4-19(17)30-14-20(28)27-10-7-15(8-11-27)18-6-5-16(13-25-18)21(29)26-22-24-9-12-31-22/h1-6,9,12-13,15H,7-8,10-11,14H2,(H,24,26,29). The summed E-state index contributed by atoms with van der Waals surface area (Å²) in [5.74, 6) is -0.599. The van der Waals surface area contributed by atoms with E-state index in [-0.39, 0.29) is 30.1 Å². The molecule has 2 aromatic heterocycles. The van der Waals surface area contributed by atoms with Crippen LogP contribution in [0.5, 0.6) is 5.75 Å². The number of rotatable bonds is 6. The quantitative estimate of drug-likeness (QED) is 0.632. The molecule has 3 heterocycles. The number of anilines is 1. The van der Waals surface area contributed by atoms with E-state index in [1.54, 1.807) is 40.9 Å². The normalized spacial score (nSPS) is 14.3. The molecule has 9 heteroatoms. The molecule has 7 nitrogen and oxygen atoms in total. The van der Waals surface area contributed by atoms with Crippen LogP contribution in [0.25, 0.3) is 0 Å². The number of carbonyl (C=O) groups excluding carboxylic acids is 2. The summed E-state index contributed by atoms with van der Waals surface area (Å²) < 4.78 is 18.9. The van der Waals surface area contributed by atoms with E-state index >= 15 is 0 Å². The van der Waals surface area contributed by atoms with Crippen molar-refractivity contribution in [3.8, 4) is 5.75 Å². The molecule has 4 rings (SSSR count). The molecule has 3 aromatic rings. The van der Waals surface area contributed by atoms with Crippen molar-refractivity contribution < 1.29 is 18.7 Å². The van der Waals surface area contributed by atoms with Gasteiger partial charge in [-0.05, 0) is 37.1 Å². The van der Waals surface area contributed by atoms with Gasteiger partial charge in [-0.15, -0.1) is 11.3 Å². The number of nitrogens with one attached hydrogen (secondary N) is 1. The average molecular weight is 441 g/mol. The van der Waals surface area contributed by atoms with Gasteiger partial charge < -0.3 is 9.64 Å². The Balaban J connectivity index is 1.27. The summed E-state index contributed by atoms with van der Waals surface area (Å²) in [5.41, 5.74) is 1.37. The molecule has 2 amide bonds. The zero-order valence-electron chi connectivity index (χ0n) is 16.7. The molecule has 160 valence electrons. The van der Waals surface area contributed by atoms with E-state index in [1.807, 2.05) is 6.07 Å². The minimum absolute atomic E-state index is 0.0777. The van der Waals surface area contributed by atoms with Crippen molar-refractivity contribution in [3.63, 3.8) is 0 Å². The number of piperidine rings is 1. The van der Waals surface area contributed by atoms with Crippen LogP contribution in [-0.4, -0.2) is 46.4 Å². The third-order valence-electron chi connectivity index (χ3n) is 5.16. The number of carbonyl (C=O) groups is 2. The maximum absolute atomic E-state index is 13.6. The molecular formula is C22H21FN4O3S. The number of nitrogens with zero attached hydrogens (tertiary/aromatic N) is 3. The smallest absolute Gasteiger partial charge is 0.260 e. The predicted octanol–water partition coefficient (Wildman–Crippen LogP) is 3.71. The molecule has 0 atom stereocenters. The average Bonchev–Trinajstić information content (AvgIpc) is 3.31. The van der Waals surface area contributed by atoms with Crippen LogP contribution in [-0.2, 0) is 4.79 Å². The zero-order chi connectivity index (χ0) is 21.6. The maximum atomic E-state index is 13.6. The molecule has 0 unspecified atom stereocenters. The molecule has 0 saturated carbocycles. The second-order valence-electron chi connectivity index (χ2n) is 7.14. The number of hydrogen-bond donors (Lipinski definition) is 1. The van der Waals surface area contributed by atoms with Crippen LogP contribution in [0.1, 0.15) is 34.8 Å². The molecule has 1 aliphatic heterocycles. The lowest BCUT2D eigenvalue weighted by Gasteiger charge is -2.31. The van der Waals surface area contributed by atoms with Crippen LogP contribution in [0.4, 0.5) is 9.52 Å². The zero-order valence-corrected chi connectivity index (χ0v) is 17.5. The number of likely N-dealkylation sites (tertiary alicyclic amines) is 1. The molecule has 0 radical (unpaired) electrons. The fraction of sp³-hybridized carbons (Fsp3) is 0.273. The van der Waals surface area contributed by atoms with Gasteiger partial charge in [-0.2, -0.15) is 0 Å². The van der Waals surface area contributed by atoms with Crippen LogP contribution in [0.2, 0.25) is 0 Å². The molecule has 1 N–H and O–H groups in total. The Morgan fingerprint density at radius 2 is 1.97 bits per heavy atom. The van der Waals surface area contributed by atoms with Gasteiger partial charge in [0.2, 0.25) is 0 Å². The van der Waals surface area contributed by atoms with Gasteiger partial charge in [-0.1, -0.05) is 12.1 Å². The lowest BCUT2D eigenvalue weighted by atomic mass is 9.93. The molecule has 0 spiro atoms. The van der Waals surface area contributed by atoms with Crippen molar-refractivity contribution in [2.75, 3.05) is 25.0 Å². The molecule has 1 saturated heterocycles. The highest BCUT2D eigenvalue weighted by Gasteiger charge is 2.25. The maximum Gasteiger partial charge on any atom is 0.260 e. The lowest BCUT2D eigenvalue weighted by Crippen LogP contribution is -2.40. The van der Waals surface area contributed by atoms with Crippen LogP contribution < -0.4 is 10.1 Å². The van der Waals surface area contributed by atoms with Crippen molar-refractivity contribution in [1.29, 1.82) is 0 Å². The van der Waals surface area contributed by atoms with Gasteiger partial charge in [0.1, 0.15) is 0 Å². The number of ether oxygens (including phenoxy) is 1. The number of para-hydroxylation sites is 1. The van der Waals surface area contributed by atoms with Gasteiger partial charge in [0.25, 0.3) is 11.8 Å². The van der Waals surface area contributed by atoms with Crippen LogP contribution in [0, 0.1) is 5.82 Å². The van der Waals surface area contributed by atoms with Gasteiger partial charge in [-0.3, -0.25) is 19.9 Å². The number of pyridine rings is 1. The minimum Gasteiger partial charge on any atom is -0.481 e. The summed E-state index contributed by atoms with van der Waals surface area (Å²) in [6.45, 7) is 0.975. The number of hydrogen-bond acceptors (Lipinski definition) is 6. The molecule has 0 bridgehead atoms. The fourth-order valence-corrected chi connectivity index (χ4v) is 3.98. The Morgan fingerprint density at radius 3 is 2.65 bits per heavy atom. The predicted molar refractivity (Wildman–Crippen MR) is 115 cm³/mol. The topological polar surface area (TPSA) is 84.4 Å². The van der Waals surface area contributed by atoms with Crippen molar-refractivity contribution >= 4 is 28.3 Å². The van der Waals surface area contributed by atoms with Crippen LogP contribution in [0.15, 0.2) is 54.2 Å². The molecular weight excluding hydrogens is 419 g/mol. The van der Waals surface area contributed by atoms with E-state index in [0.29, 0.717) is 23.8 Å². The number of aromatic nitrogens is 2. The highest BCUT2D eigenvalue weighted by atomic mass is 32.1. The number of amides is 2. The summed E-state index contributed by atoms with van der Waals surface area (Å²) in [5, 5.41) is 5.07. The first-order chi connectivity index (χ1) is 15.1. The van der Waals surface area contributed by atoms with E-state index in [2.05, 4.69) is 15.3 Å². The van der Waals surface area contributed by atoms with Gasteiger partial charge in [-0.25, -0.2) is 9.37 Å². The molecule has 1 aromatic carbocycles.